The van der Waals surface area contributed by atoms with Crippen LogP contribution in [0.1, 0.15) is 62.7 Å². The van der Waals surface area contributed by atoms with Crippen LogP contribution in [0.3, 0.4) is 0 Å². The largest absolute Gasteiger partial charge is 0.495 e. The molecular weight excluding hydrogens is 506 g/mol. The van der Waals surface area contributed by atoms with Crippen LogP contribution in [-0.4, -0.2) is 71.6 Å². The summed E-state index contributed by atoms with van der Waals surface area (Å²) in [6, 6.07) is 5.48. The molecule has 2 atom stereocenters. The maximum absolute atomic E-state index is 12.9. The number of rotatable bonds is 9. The summed E-state index contributed by atoms with van der Waals surface area (Å²) in [5, 5.41) is 13.2. The van der Waals surface area contributed by atoms with Gasteiger partial charge < -0.3 is 30.9 Å². The van der Waals surface area contributed by atoms with Gasteiger partial charge in [0.1, 0.15) is 10.8 Å². The molecule has 0 spiro atoms. The molecule has 0 bridgehead atoms. The van der Waals surface area contributed by atoms with Gasteiger partial charge in [-0.25, -0.2) is 4.98 Å². The zero-order valence-corrected chi connectivity index (χ0v) is 23.1. The van der Waals surface area contributed by atoms with Crippen LogP contribution in [0.25, 0.3) is 0 Å². The third-order valence-corrected chi connectivity index (χ3v) is 7.58. The lowest BCUT2D eigenvalue weighted by Crippen LogP contribution is -2.48. The van der Waals surface area contributed by atoms with E-state index < -0.39 is 0 Å². The van der Waals surface area contributed by atoms with E-state index in [-0.39, 0.29) is 29.9 Å². The molecule has 2 fully saturated rings. The fourth-order valence-electron chi connectivity index (χ4n) is 5.16. The second-order valence-electron chi connectivity index (χ2n) is 9.95. The summed E-state index contributed by atoms with van der Waals surface area (Å²) in [5.41, 5.74) is 1.16. The Kier molecular flexibility index (Phi) is 9.63. The highest BCUT2D eigenvalue weighted by atomic mass is 35.5. The Bertz CT molecular complexity index is 1120. The second-order valence-corrected chi connectivity index (χ2v) is 10.4. The zero-order valence-electron chi connectivity index (χ0n) is 22.3. The van der Waals surface area contributed by atoms with E-state index >= 15 is 0 Å². The Morgan fingerprint density at radius 2 is 1.84 bits per heavy atom. The minimum absolute atomic E-state index is 0.0154. The van der Waals surface area contributed by atoms with E-state index in [1.54, 1.807) is 25.3 Å². The number of nitrogens with zero attached hydrogens (tertiary/aromatic N) is 3. The second kappa shape index (κ2) is 13.1. The maximum Gasteiger partial charge on any atom is 0.251 e. The normalized spacial score (nSPS) is 20.4. The number of aromatic nitrogens is 2. The van der Waals surface area contributed by atoms with Crippen molar-refractivity contribution in [3.05, 3.63) is 35.0 Å². The third kappa shape index (κ3) is 7.26. The SMILES string of the molecule is CCN1CCC(NC(=O)c2ccc(Nc3ncc(Cl)c(NC4CCCCC4NC(C)=O)n3)c(OC)c2)CC1. The number of amides is 2. The number of benzene rings is 1. The van der Waals surface area contributed by atoms with E-state index in [1.807, 2.05) is 0 Å². The highest BCUT2D eigenvalue weighted by molar-refractivity contribution is 6.32. The minimum Gasteiger partial charge on any atom is -0.495 e. The fourth-order valence-corrected chi connectivity index (χ4v) is 5.31. The third-order valence-electron chi connectivity index (χ3n) is 7.30. The van der Waals surface area contributed by atoms with Gasteiger partial charge in [-0.3, -0.25) is 9.59 Å². The first kappa shape index (κ1) is 27.9. The molecule has 10 nitrogen and oxygen atoms in total. The van der Waals surface area contributed by atoms with Crippen molar-refractivity contribution in [2.24, 2.45) is 0 Å². The van der Waals surface area contributed by atoms with E-state index in [1.165, 1.54) is 13.1 Å². The number of piperidine rings is 1. The van der Waals surface area contributed by atoms with Crippen LogP contribution in [-0.2, 0) is 4.79 Å². The number of carbonyl (C=O) groups is 2. The molecule has 1 saturated carbocycles. The van der Waals surface area contributed by atoms with E-state index in [0.29, 0.717) is 33.8 Å². The van der Waals surface area contributed by atoms with Gasteiger partial charge in [0.25, 0.3) is 5.91 Å². The van der Waals surface area contributed by atoms with E-state index in [4.69, 9.17) is 16.3 Å². The summed E-state index contributed by atoms with van der Waals surface area (Å²) in [6.07, 6.45) is 7.38. The lowest BCUT2D eigenvalue weighted by molar-refractivity contribution is -0.119. The van der Waals surface area contributed by atoms with Crippen LogP contribution in [0.5, 0.6) is 5.75 Å². The molecule has 2 unspecified atom stereocenters. The summed E-state index contributed by atoms with van der Waals surface area (Å²) < 4.78 is 5.57. The highest BCUT2D eigenvalue weighted by Gasteiger charge is 2.27. The molecule has 38 heavy (non-hydrogen) atoms. The molecule has 2 aliphatic rings. The van der Waals surface area contributed by atoms with Crippen LogP contribution in [0.2, 0.25) is 5.02 Å². The Hall–Kier alpha value is -3.11. The van der Waals surface area contributed by atoms with Crippen LogP contribution in [0.4, 0.5) is 17.5 Å². The van der Waals surface area contributed by atoms with Crippen molar-refractivity contribution in [2.45, 2.75) is 70.5 Å². The van der Waals surface area contributed by atoms with Gasteiger partial charge in [0.05, 0.1) is 19.0 Å². The first-order chi connectivity index (χ1) is 18.4. The summed E-state index contributed by atoms with van der Waals surface area (Å²) in [4.78, 5) is 35.8. The first-order valence-electron chi connectivity index (χ1n) is 13.4. The molecule has 4 rings (SSSR count). The van der Waals surface area contributed by atoms with Gasteiger partial charge in [0.15, 0.2) is 5.82 Å². The molecule has 2 amide bonds. The van der Waals surface area contributed by atoms with Crippen LogP contribution in [0, 0.1) is 0 Å². The number of carbonyl (C=O) groups excluding carboxylic acids is 2. The molecule has 1 saturated heterocycles. The van der Waals surface area contributed by atoms with Crippen molar-refractivity contribution in [1.82, 2.24) is 25.5 Å². The predicted molar refractivity (Wildman–Crippen MR) is 149 cm³/mol. The lowest BCUT2D eigenvalue weighted by Gasteiger charge is -2.33. The van der Waals surface area contributed by atoms with Crippen molar-refractivity contribution in [3.8, 4) is 5.75 Å². The number of halogens is 1. The molecule has 2 aromatic rings. The summed E-state index contributed by atoms with van der Waals surface area (Å²) >= 11 is 6.41. The fraction of sp³-hybridized carbons (Fsp3) is 0.556. The topological polar surface area (TPSA) is 121 Å². The van der Waals surface area contributed by atoms with E-state index in [2.05, 4.69) is 43.1 Å². The number of hydrogen-bond acceptors (Lipinski definition) is 8. The number of anilines is 3. The van der Waals surface area contributed by atoms with Crippen LogP contribution in [0.15, 0.2) is 24.4 Å². The summed E-state index contributed by atoms with van der Waals surface area (Å²) in [7, 11) is 1.56. The molecule has 1 aromatic carbocycles. The van der Waals surface area contributed by atoms with Gasteiger partial charge in [-0.05, 0) is 50.4 Å². The number of likely N-dealkylation sites (tertiary alicyclic amines) is 1. The van der Waals surface area contributed by atoms with E-state index in [9.17, 15) is 9.59 Å². The molecule has 0 radical (unpaired) electrons. The molecule has 2 heterocycles. The molecule has 1 aliphatic heterocycles. The number of methoxy groups -OCH3 is 1. The van der Waals surface area contributed by atoms with Gasteiger partial charge in [-0.2, -0.15) is 4.98 Å². The van der Waals surface area contributed by atoms with Gasteiger partial charge in [-0.1, -0.05) is 31.4 Å². The highest BCUT2D eigenvalue weighted by Crippen LogP contribution is 2.30. The van der Waals surface area contributed by atoms with Crippen LogP contribution >= 0.6 is 11.6 Å². The molecule has 1 aliphatic carbocycles. The number of ether oxygens (including phenoxy) is 1. The lowest BCUT2D eigenvalue weighted by atomic mass is 9.90. The van der Waals surface area contributed by atoms with Crippen molar-refractivity contribution in [2.75, 3.05) is 37.4 Å². The van der Waals surface area contributed by atoms with Gasteiger partial charge in [0.2, 0.25) is 11.9 Å². The Morgan fingerprint density at radius 1 is 1.11 bits per heavy atom. The smallest absolute Gasteiger partial charge is 0.251 e. The van der Waals surface area contributed by atoms with Crippen molar-refractivity contribution in [1.29, 1.82) is 0 Å². The molecule has 206 valence electrons. The standard InChI is InChI=1S/C27H38ClN7O3/c1-4-35-13-11-19(12-14-35)31-26(37)18-9-10-23(24(15-18)38-3)33-27-29-16-20(28)25(34-27)32-22-8-6-5-7-21(22)30-17(2)36/h9-10,15-16,19,21-22H,4-8,11-14H2,1-3H3,(H,30,36)(H,31,37)(H2,29,32,33,34). The summed E-state index contributed by atoms with van der Waals surface area (Å²) in [5.74, 6) is 1.17. The maximum atomic E-state index is 12.9. The quantitative estimate of drug-likeness (QED) is 0.375. The predicted octanol–water partition coefficient (Wildman–Crippen LogP) is 3.96. The van der Waals surface area contributed by atoms with Crippen LogP contribution < -0.4 is 26.0 Å². The van der Waals surface area contributed by atoms with Gasteiger partial charge >= 0.3 is 0 Å². The van der Waals surface area contributed by atoms with Crippen molar-refractivity contribution in [3.63, 3.8) is 0 Å². The Morgan fingerprint density at radius 3 is 2.53 bits per heavy atom. The van der Waals surface area contributed by atoms with Gasteiger partial charge in [-0.15, -0.1) is 0 Å². The monoisotopic (exact) mass is 543 g/mol. The van der Waals surface area contributed by atoms with Crippen molar-refractivity contribution >= 4 is 40.9 Å². The van der Waals surface area contributed by atoms with Gasteiger partial charge in [0, 0.05) is 43.7 Å². The van der Waals surface area contributed by atoms with Crippen molar-refractivity contribution < 1.29 is 14.3 Å². The molecule has 4 N–H and O–H groups in total. The molecular formula is C27H38ClN7O3. The molecule has 1 aromatic heterocycles. The number of nitrogens with one attached hydrogen (secondary N) is 4. The zero-order chi connectivity index (χ0) is 27.1. The minimum atomic E-state index is -0.111. The van der Waals surface area contributed by atoms with E-state index in [0.717, 1.165) is 58.2 Å². The Labute approximate surface area is 229 Å². The first-order valence-corrected chi connectivity index (χ1v) is 13.8. The average molecular weight is 544 g/mol. The Balaban J connectivity index is 1.43. The number of hydrogen-bond donors (Lipinski definition) is 4. The molecule has 11 heteroatoms. The average Bonchev–Trinajstić information content (AvgIpc) is 2.92. The summed E-state index contributed by atoms with van der Waals surface area (Å²) in [6.45, 7) is 6.73.